The molecular formula is C10H15N3O4. The van der Waals surface area contributed by atoms with Gasteiger partial charge in [0, 0.05) is 17.5 Å². The number of nitrogens with zero attached hydrogens (tertiary/aromatic N) is 2. The standard InChI is InChI=1S/C10H15N3O4/c1-3-17-9(16)8(15)7(14)6-4-12-10(11)13-5(6)2/h4,7-8,14-15H,3H2,1-2H3,(H2,11,12,13). The predicted octanol–water partition coefficient (Wildman–Crippen LogP) is -0.675. The van der Waals surface area contributed by atoms with Crippen LogP contribution in [0, 0.1) is 6.92 Å². The van der Waals surface area contributed by atoms with E-state index >= 15 is 0 Å². The summed E-state index contributed by atoms with van der Waals surface area (Å²) in [5.74, 6) is -0.833. The molecule has 1 aromatic heterocycles. The lowest BCUT2D eigenvalue weighted by atomic mass is 10.1. The average molecular weight is 241 g/mol. The monoisotopic (exact) mass is 241 g/mol. The highest BCUT2D eigenvalue weighted by atomic mass is 16.5. The Balaban J connectivity index is 2.88. The smallest absolute Gasteiger partial charge is 0.338 e. The quantitative estimate of drug-likeness (QED) is 0.598. The third-order valence-corrected chi connectivity index (χ3v) is 2.18. The summed E-state index contributed by atoms with van der Waals surface area (Å²) in [6.07, 6.45) is -1.83. The van der Waals surface area contributed by atoms with Crippen LogP contribution in [-0.2, 0) is 9.53 Å². The molecule has 0 aliphatic rings. The molecule has 1 rings (SSSR count). The van der Waals surface area contributed by atoms with Crippen LogP contribution in [0.3, 0.4) is 0 Å². The minimum absolute atomic E-state index is 0.0593. The number of aliphatic hydroxyl groups excluding tert-OH is 2. The molecule has 0 aromatic carbocycles. The SMILES string of the molecule is CCOC(=O)C(O)C(O)c1cnc(N)nc1C. The Morgan fingerprint density at radius 3 is 2.76 bits per heavy atom. The molecule has 2 atom stereocenters. The molecule has 17 heavy (non-hydrogen) atoms. The molecule has 0 aliphatic carbocycles. The van der Waals surface area contributed by atoms with Crippen LogP contribution >= 0.6 is 0 Å². The second-order valence-corrected chi connectivity index (χ2v) is 3.41. The van der Waals surface area contributed by atoms with Gasteiger partial charge in [0.15, 0.2) is 6.10 Å². The lowest BCUT2D eigenvalue weighted by Crippen LogP contribution is -2.30. The molecule has 4 N–H and O–H groups in total. The first-order valence-corrected chi connectivity index (χ1v) is 5.09. The number of hydrogen-bond donors (Lipinski definition) is 3. The minimum Gasteiger partial charge on any atom is -0.464 e. The van der Waals surface area contributed by atoms with Gasteiger partial charge in [0.05, 0.1) is 6.61 Å². The normalized spacial score (nSPS) is 14.1. The molecule has 7 heteroatoms. The first kappa shape index (κ1) is 13.3. The zero-order valence-electron chi connectivity index (χ0n) is 9.62. The molecule has 0 radical (unpaired) electrons. The first-order valence-electron chi connectivity index (χ1n) is 5.09. The maximum absolute atomic E-state index is 11.2. The summed E-state index contributed by atoms with van der Waals surface area (Å²) in [7, 11) is 0. The van der Waals surface area contributed by atoms with Crippen molar-refractivity contribution in [2.75, 3.05) is 12.3 Å². The van der Waals surface area contributed by atoms with E-state index in [-0.39, 0.29) is 18.1 Å². The van der Waals surface area contributed by atoms with Crippen LogP contribution in [0.5, 0.6) is 0 Å². The third kappa shape index (κ3) is 3.11. The van der Waals surface area contributed by atoms with Gasteiger partial charge in [-0.05, 0) is 13.8 Å². The highest BCUT2D eigenvalue weighted by Crippen LogP contribution is 2.20. The molecule has 1 heterocycles. The molecule has 7 nitrogen and oxygen atoms in total. The summed E-state index contributed by atoms with van der Waals surface area (Å²) in [6.45, 7) is 3.32. The number of anilines is 1. The predicted molar refractivity (Wildman–Crippen MR) is 58.8 cm³/mol. The molecule has 94 valence electrons. The van der Waals surface area contributed by atoms with Crippen LogP contribution in [0.15, 0.2) is 6.20 Å². The summed E-state index contributed by atoms with van der Waals surface area (Å²) < 4.78 is 4.60. The zero-order valence-corrected chi connectivity index (χ0v) is 9.62. The lowest BCUT2D eigenvalue weighted by Gasteiger charge is -2.17. The van der Waals surface area contributed by atoms with E-state index in [0.29, 0.717) is 5.69 Å². The Morgan fingerprint density at radius 1 is 1.59 bits per heavy atom. The second kappa shape index (κ2) is 5.55. The number of esters is 1. The van der Waals surface area contributed by atoms with Crippen LogP contribution < -0.4 is 5.73 Å². The second-order valence-electron chi connectivity index (χ2n) is 3.41. The number of carbonyl (C=O) groups excluding carboxylic acids is 1. The largest absolute Gasteiger partial charge is 0.464 e. The van der Waals surface area contributed by atoms with Gasteiger partial charge in [-0.3, -0.25) is 0 Å². The Hall–Kier alpha value is -1.73. The molecular weight excluding hydrogens is 226 g/mol. The number of aliphatic hydroxyl groups is 2. The van der Waals surface area contributed by atoms with Gasteiger partial charge in [0.25, 0.3) is 0 Å². The van der Waals surface area contributed by atoms with Crippen molar-refractivity contribution >= 4 is 11.9 Å². The summed E-state index contributed by atoms with van der Waals surface area (Å²) in [4.78, 5) is 18.8. The fraction of sp³-hybridized carbons (Fsp3) is 0.500. The number of nitrogens with two attached hydrogens (primary N) is 1. The topological polar surface area (TPSA) is 119 Å². The summed E-state index contributed by atoms with van der Waals surface area (Å²) >= 11 is 0. The molecule has 0 amide bonds. The molecule has 0 fully saturated rings. The van der Waals surface area contributed by atoms with Crippen molar-refractivity contribution in [2.45, 2.75) is 26.1 Å². The van der Waals surface area contributed by atoms with Crippen LogP contribution in [0.1, 0.15) is 24.3 Å². The summed E-state index contributed by atoms with van der Waals surface area (Å²) in [5.41, 5.74) is 5.99. The summed E-state index contributed by atoms with van der Waals surface area (Å²) in [6, 6.07) is 0. The van der Waals surface area contributed by atoms with Crippen molar-refractivity contribution in [3.63, 3.8) is 0 Å². The van der Waals surface area contributed by atoms with Gasteiger partial charge in [-0.1, -0.05) is 0 Å². The van der Waals surface area contributed by atoms with Crippen LogP contribution in [-0.4, -0.2) is 38.9 Å². The minimum atomic E-state index is -1.67. The van der Waals surface area contributed by atoms with E-state index in [2.05, 4.69) is 14.7 Å². The molecule has 0 aliphatic heterocycles. The Kier molecular flexibility index (Phi) is 4.36. The number of aromatic nitrogens is 2. The fourth-order valence-corrected chi connectivity index (χ4v) is 1.31. The molecule has 0 saturated heterocycles. The number of ether oxygens (including phenoxy) is 1. The van der Waals surface area contributed by atoms with E-state index in [0.717, 1.165) is 0 Å². The third-order valence-electron chi connectivity index (χ3n) is 2.18. The van der Waals surface area contributed by atoms with Crippen LogP contribution in [0.25, 0.3) is 0 Å². The van der Waals surface area contributed by atoms with Crippen LogP contribution in [0.4, 0.5) is 5.95 Å². The Morgan fingerprint density at radius 2 is 2.24 bits per heavy atom. The lowest BCUT2D eigenvalue weighted by molar-refractivity contribution is -0.159. The van der Waals surface area contributed by atoms with Crippen molar-refractivity contribution in [1.29, 1.82) is 0 Å². The van der Waals surface area contributed by atoms with Gasteiger partial charge in [0.2, 0.25) is 5.95 Å². The van der Waals surface area contributed by atoms with Gasteiger partial charge in [-0.25, -0.2) is 14.8 Å². The number of carbonyl (C=O) groups is 1. The zero-order chi connectivity index (χ0) is 13.0. The first-order chi connectivity index (χ1) is 7.97. The van der Waals surface area contributed by atoms with E-state index in [1.807, 2.05) is 0 Å². The number of hydrogen-bond acceptors (Lipinski definition) is 7. The number of nitrogen functional groups attached to an aromatic ring is 1. The van der Waals surface area contributed by atoms with Gasteiger partial charge >= 0.3 is 5.97 Å². The highest BCUT2D eigenvalue weighted by molar-refractivity contribution is 5.75. The fourth-order valence-electron chi connectivity index (χ4n) is 1.31. The van der Waals surface area contributed by atoms with Crippen molar-refractivity contribution in [3.05, 3.63) is 17.5 Å². The molecule has 1 aromatic rings. The van der Waals surface area contributed by atoms with Crippen molar-refractivity contribution in [3.8, 4) is 0 Å². The maximum atomic E-state index is 11.2. The Labute approximate surface area is 98.3 Å². The molecule has 2 unspecified atom stereocenters. The van der Waals surface area contributed by atoms with Gasteiger partial charge in [-0.15, -0.1) is 0 Å². The van der Waals surface area contributed by atoms with E-state index in [4.69, 9.17) is 5.73 Å². The van der Waals surface area contributed by atoms with Gasteiger partial charge < -0.3 is 20.7 Å². The van der Waals surface area contributed by atoms with Gasteiger partial charge in [-0.2, -0.15) is 0 Å². The molecule has 0 saturated carbocycles. The molecule has 0 bridgehead atoms. The van der Waals surface area contributed by atoms with Crippen molar-refractivity contribution in [1.82, 2.24) is 9.97 Å². The van der Waals surface area contributed by atoms with E-state index in [1.54, 1.807) is 13.8 Å². The summed E-state index contributed by atoms with van der Waals surface area (Å²) in [5, 5.41) is 19.3. The van der Waals surface area contributed by atoms with Crippen molar-refractivity contribution in [2.24, 2.45) is 0 Å². The van der Waals surface area contributed by atoms with E-state index in [1.165, 1.54) is 6.20 Å². The van der Waals surface area contributed by atoms with Crippen LogP contribution in [0.2, 0.25) is 0 Å². The molecule has 0 spiro atoms. The number of aryl methyl sites for hydroxylation is 1. The van der Waals surface area contributed by atoms with E-state index < -0.39 is 18.2 Å². The average Bonchev–Trinajstić information content (AvgIpc) is 2.27. The Bertz CT molecular complexity index is 411. The van der Waals surface area contributed by atoms with Crippen molar-refractivity contribution < 1.29 is 19.7 Å². The number of rotatable bonds is 4. The van der Waals surface area contributed by atoms with E-state index in [9.17, 15) is 15.0 Å². The van der Waals surface area contributed by atoms with Gasteiger partial charge in [0.1, 0.15) is 6.10 Å². The maximum Gasteiger partial charge on any atom is 0.338 e. The highest BCUT2D eigenvalue weighted by Gasteiger charge is 2.28.